The van der Waals surface area contributed by atoms with Gasteiger partial charge < -0.3 is 4.98 Å². The van der Waals surface area contributed by atoms with Crippen molar-refractivity contribution in [2.24, 2.45) is 0 Å². The number of nitrogens with zero attached hydrogens (tertiary/aromatic N) is 2. The van der Waals surface area contributed by atoms with Gasteiger partial charge in [0.1, 0.15) is 6.54 Å². The summed E-state index contributed by atoms with van der Waals surface area (Å²) in [6.45, 7) is -0.0884. The van der Waals surface area contributed by atoms with Gasteiger partial charge in [0.2, 0.25) is 0 Å². The highest BCUT2D eigenvalue weighted by Gasteiger charge is 2.37. The van der Waals surface area contributed by atoms with Gasteiger partial charge in [0, 0.05) is 6.54 Å². The first-order chi connectivity index (χ1) is 7.77. The van der Waals surface area contributed by atoms with Crippen molar-refractivity contribution in [1.29, 1.82) is 0 Å². The summed E-state index contributed by atoms with van der Waals surface area (Å²) in [5.41, 5.74) is 0. The molecule has 0 bridgehead atoms. The predicted molar refractivity (Wildman–Crippen MR) is 53.7 cm³/mol. The SMILES string of the molecule is CCCN(CC(F)(F)F)S(=O)(=O)c1cnc[nH]1. The zero-order valence-corrected chi connectivity index (χ0v) is 9.85. The molecule has 0 aliphatic carbocycles. The van der Waals surface area contributed by atoms with Crippen molar-refractivity contribution in [3.05, 3.63) is 12.5 Å². The predicted octanol–water partition coefficient (Wildman–Crippen LogP) is 1.37. The number of aromatic amines is 1. The van der Waals surface area contributed by atoms with E-state index in [1.807, 2.05) is 0 Å². The standard InChI is InChI=1S/C8H12F3N3O2S/c1-2-3-14(5-8(9,10)11)17(15,16)7-4-12-6-13-7/h4,6H,2-3,5H2,1H3,(H,12,13). The number of aromatic nitrogens is 2. The smallest absolute Gasteiger partial charge is 0.335 e. The molecule has 5 nitrogen and oxygen atoms in total. The Morgan fingerprint density at radius 1 is 1.47 bits per heavy atom. The number of halogens is 3. The number of hydrogen-bond donors (Lipinski definition) is 1. The highest BCUT2D eigenvalue weighted by atomic mass is 32.2. The molecule has 1 aromatic rings. The van der Waals surface area contributed by atoms with Crippen LogP contribution in [0.1, 0.15) is 13.3 Å². The first-order valence-corrected chi connectivity index (χ1v) is 6.26. The van der Waals surface area contributed by atoms with E-state index in [1.165, 1.54) is 0 Å². The van der Waals surface area contributed by atoms with Crippen LogP contribution in [0.2, 0.25) is 0 Å². The van der Waals surface area contributed by atoms with E-state index in [0.29, 0.717) is 10.7 Å². The van der Waals surface area contributed by atoms with Crippen LogP contribution in [-0.2, 0) is 10.0 Å². The zero-order valence-electron chi connectivity index (χ0n) is 9.03. The molecule has 98 valence electrons. The molecule has 0 saturated heterocycles. The molecule has 0 amide bonds. The summed E-state index contributed by atoms with van der Waals surface area (Å²) in [6.07, 6.45) is -2.19. The number of hydrogen-bond acceptors (Lipinski definition) is 3. The monoisotopic (exact) mass is 271 g/mol. The van der Waals surface area contributed by atoms with Crippen LogP contribution in [0.5, 0.6) is 0 Å². The number of sulfonamides is 1. The van der Waals surface area contributed by atoms with Crippen molar-refractivity contribution in [2.45, 2.75) is 24.5 Å². The maximum absolute atomic E-state index is 12.3. The third kappa shape index (κ3) is 3.70. The second kappa shape index (κ2) is 5.05. The van der Waals surface area contributed by atoms with Gasteiger partial charge in [-0.2, -0.15) is 17.5 Å². The van der Waals surface area contributed by atoms with Crippen LogP contribution in [0.15, 0.2) is 17.6 Å². The Morgan fingerprint density at radius 2 is 2.12 bits per heavy atom. The zero-order chi connectivity index (χ0) is 13.1. The summed E-state index contributed by atoms with van der Waals surface area (Å²) in [5.74, 6) is 0. The van der Waals surface area contributed by atoms with Crippen molar-refractivity contribution in [2.75, 3.05) is 13.1 Å². The molecular weight excluding hydrogens is 259 g/mol. The Bertz CT molecular complexity index is 441. The topological polar surface area (TPSA) is 66.1 Å². The van der Waals surface area contributed by atoms with E-state index in [4.69, 9.17) is 0 Å². The number of nitrogens with one attached hydrogen (secondary N) is 1. The second-order valence-electron chi connectivity index (χ2n) is 3.37. The Labute approximate surface area is 96.7 Å². The lowest BCUT2D eigenvalue weighted by Crippen LogP contribution is -2.39. The maximum atomic E-state index is 12.3. The van der Waals surface area contributed by atoms with Gasteiger partial charge in [-0.3, -0.25) is 0 Å². The summed E-state index contributed by atoms with van der Waals surface area (Å²) in [5, 5.41) is -0.338. The van der Waals surface area contributed by atoms with Crippen molar-refractivity contribution in [1.82, 2.24) is 14.3 Å². The number of H-pyrrole nitrogens is 1. The van der Waals surface area contributed by atoms with Crippen LogP contribution in [0.3, 0.4) is 0 Å². The van der Waals surface area contributed by atoms with Crippen LogP contribution in [0.25, 0.3) is 0 Å². The van der Waals surface area contributed by atoms with E-state index in [2.05, 4.69) is 9.97 Å². The van der Waals surface area contributed by atoms with E-state index < -0.39 is 22.7 Å². The number of imidazole rings is 1. The molecule has 0 radical (unpaired) electrons. The molecule has 0 unspecified atom stereocenters. The Hall–Kier alpha value is -1.09. The normalized spacial score (nSPS) is 13.2. The minimum atomic E-state index is -4.57. The van der Waals surface area contributed by atoms with Crippen molar-refractivity contribution in [3.8, 4) is 0 Å². The van der Waals surface area contributed by atoms with Crippen LogP contribution in [0, 0.1) is 0 Å². The minimum Gasteiger partial charge on any atom is -0.335 e. The molecule has 0 saturated carbocycles. The molecule has 1 N–H and O–H groups in total. The fourth-order valence-corrected chi connectivity index (χ4v) is 2.67. The molecule has 0 atom stereocenters. The average molecular weight is 271 g/mol. The number of alkyl halides is 3. The van der Waals surface area contributed by atoms with Crippen LogP contribution < -0.4 is 0 Å². The quantitative estimate of drug-likeness (QED) is 0.879. The van der Waals surface area contributed by atoms with E-state index >= 15 is 0 Å². The van der Waals surface area contributed by atoms with E-state index in [0.717, 1.165) is 12.5 Å². The highest BCUT2D eigenvalue weighted by molar-refractivity contribution is 7.89. The molecule has 1 rings (SSSR count). The average Bonchev–Trinajstić information content (AvgIpc) is 2.68. The molecule has 0 aliphatic heterocycles. The van der Waals surface area contributed by atoms with E-state index in [1.54, 1.807) is 6.92 Å². The van der Waals surface area contributed by atoms with Crippen molar-refractivity contribution >= 4 is 10.0 Å². The molecule has 0 spiro atoms. The summed E-state index contributed by atoms with van der Waals surface area (Å²) in [7, 11) is -4.16. The Balaban J connectivity index is 2.99. The highest BCUT2D eigenvalue weighted by Crippen LogP contribution is 2.21. The third-order valence-electron chi connectivity index (χ3n) is 1.92. The second-order valence-corrected chi connectivity index (χ2v) is 5.28. The fourth-order valence-electron chi connectivity index (χ4n) is 1.26. The Kier molecular flexibility index (Phi) is 4.15. The van der Waals surface area contributed by atoms with Gasteiger partial charge in [-0.25, -0.2) is 13.4 Å². The summed E-state index contributed by atoms with van der Waals surface area (Å²) >= 11 is 0. The summed E-state index contributed by atoms with van der Waals surface area (Å²) in [6, 6.07) is 0. The molecule has 0 fully saturated rings. The number of rotatable bonds is 5. The molecule has 17 heavy (non-hydrogen) atoms. The largest absolute Gasteiger partial charge is 0.402 e. The molecular formula is C8H12F3N3O2S. The van der Waals surface area contributed by atoms with Gasteiger partial charge in [0.05, 0.1) is 12.5 Å². The lowest BCUT2D eigenvalue weighted by Gasteiger charge is -2.21. The van der Waals surface area contributed by atoms with Crippen LogP contribution >= 0.6 is 0 Å². The van der Waals surface area contributed by atoms with E-state index in [9.17, 15) is 21.6 Å². The first kappa shape index (κ1) is 14.0. The summed E-state index contributed by atoms with van der Waals surface area (Å²) in [4.78, 5) is 5.78. The lowest BCUT2D eigenvalue weighted by atomic mass is 10.5. The van der Waals surface area contributed by atoms with Crippen molar-refractivity contribution < 1.29 is 21.6 Å². The van der Waals surface area contributed by atoms with Crippen LogP contribution in [-0.4, -0.2) is 42.0 Å². The fraction of sp³-hybridized carbons (Fsp3) is 0.625. The van der Waals surface area contributed by atoms with E-state index in [-0.39, 0.29) is 11.6 Å². The lowest BCUT2D eigenvalue weighted by molar-refractivity contribution is -0.136. The third-order valence-corrected chi connectivity index (χ3v) is 3.69. The van der Waals surface area contributed by atoms with Crippen LogP contribution in [0.4, 0.5) is 13.2 Å². The van der Waals surface area contributed by atoms with Gasteiger partial charge >= 0.3 is 6.18 Å². The molecule has 9 heteroatoms. The molecule has 0 aliphatic rings. The van der Waals surface area contributed by atoms with Gasteiger partial charge in [-0.15, -0.1) is 0 Å². The minimum absolute atomic E-state index is 0.194. The molecule has 0 aromatic carbocycles. The Morgan fingerprint density at radius 3 is 2.53 bits per heavy atom. The molecule has 1 heterocycles. The maximum Gasteiger partial charge on any atom is 0.402 e. The van der Waals surface area contributed by atoms with Gasteiger partial charge in [0.25, 0.3) is 10.0 Å². The van der Waals surface area contributed by atoms with Gasteiger partial charge in [-0.1, -0.05) is 6.92 Å². The van der Waals surface area contributed by atoms with Gasteiger partial charge in [-0.05, 0) is 6.42 Å². The first-order valence-electron chi connectivity index (χ1n) is 4.82. The van der Waals surface area contributed by atoms with Crippen molar-refractivity contribution in [3.63, 3.8) is 0 Å². The van der Waals surface area contributed by atoms with Gasteiger partial charge in [0.15, 0.2) is 5.03 Å². The summed E-state index contributed by atoms with van der Waals surface area (Å²) < 4.78 is 60.8. The molecule has 1 aromatic heterocycles.